The Kier molecular flexibility index (Phi) is 3.01. The van der Waals surface area contributed by atoms with E-state index in [1.165, 1.54) is 0 Å². The van der Waals surface area contributed by atoms with Crippen molar-refractivity contribution >= 4 is 33.4 Å². The third-order valence-electron chi connectivity index (χ3n) is 3.72. The van der Waals surface area contributed by atoms with Crippen LogP contribution in [0.1, 0.15) is 35.2 Å². The molecule has 1 heterocycles. The lowest BCUT2D eigenvalue weighted by Crippen LogP contribution is -2.44. The molecule has 0 N–H and O–H groups in total. The van der Waals surface area contributed by atoms with E-state index in [-0.39, 0.29) is 23.9 Å². The molecule has 1 unspecified atom stereocenters. The van der Waals surface area contributed by atoms with Gasteiger partial charge in [0.1, 0.15) is 5.78 Å². The monoisotopic (exact) mass is 321 g/mol. The van der Waals surface area contributed by atoms with E-state index in [2.05, 4.69) is 15.9 Å². The number of carbonyl (C=O) groups excluding carboxylic acids is 3. The topological polar surface area (TPSA) is 54.5 Å². The Morgan fingerprint density at radius 3 is 2.74 bits per heavy atom. The molecule has 1 aliphatic carbocycles. The molecule has 1 aromatic rings. The second-order valence-corrected chi connectivity index (χ2v) is 5.89. The fourth-order valence-corrected chi connectivity index (χ4v) is 3.16. The summed E-state index contributed by atoms with van der Waals surface area (Å²) in [5, 5.41) is 0. The van der Waals surface area contributed by atoms with Crippen LogP contribution in [-0.2, 0) is 16.1 Å². The van der Waals surface area contributed by atoms with Crippen LogP contribution >= 0.6 is 15.9 Å². The van der Waals surface area contributed by atoms with Crippen molar-refractivity contribution in [2.75, 3.05) is 0 Å². The van der Waals surface area contributed by atoms with Crippen LogP contribution in [0.25, 0.3) is 0 Å². The predicted molar refractivity (Wildman–Crippen MR) is 71.7 cm³/mol. The summed E-state index contributed by atoms with van der Waals surface area (Å²) in [5.74, 6) is -0.250. The normalized spacial score (nSPS) is 22.9. The van der Waals surface area contributed by atoms with E-state index in [1.807, 2.05) is 12.1 Å². The van der Waals surface area contributed by atoms with Crippen molar-refractivity contribution in [1.29, 1.82) is 0 Å². The van der Waals surface area contributed by atoms with Crippen molar-refractivity contribution in [1.82, 2.24) is 4.90 Å². The first kappa shape index (κ1) is 12.5. The molecule has 19 heavy (non-hydrogen) atoms. The number of hydrogen-bond acceptors (Lipinski definition) is 3. The van der Waals surface area contributed by atoms with Crippen molar-refractivity contribution in [3.8, 4) is 0 Å². The van der Waals surface area contributed by atoms with Crippen LogP contribution < -0.4 is 0 Å². The molecular weight excluding hydrogens is 310 g/mol. The van der Waals surface area contributed by atoms with Crippen LogP contribution in [0.4, 0.5) is 0 Å². The van der Waals surface area contributed by atoms with Crippen LogP contribution in [0.5, 0.6) is 0 Å². The molecule has 4 nitrogen and oxygen atoms in total. The zero-order valence-electron chi connectivity index (χ0n) is 10.2. The van der Waals surface area contributed by atoms with E-state index < -0.39 is 6.04 Å². The number of halogens is 1. The van der Waals surface area contributed by atoms with Gasteiger partial charge in [-0.15, -0.1) is 0 Å². The van der Waals surface area contributed by atoms with E-state index in [1.54, 1.807) is 11.0 Å². The van der Waals surface area contributed by atoms with Crippen molar-refractivity contribution < 1.29 is 14.4 Å². The highest BCUT2D eigenvalue weighted by Gasteiger charge is 2.38. The Labute approximate surface area is 118 Å². The van der Waals surface area contributed by atoms with Crippen molar-refractivity contribution in [3.63, 3.8) is 0 Å². The lowest BCUT2D eigenvalue weighted by Gasteiger charge is -2.29. The lowest BCUT2D eigenvalue weighted by atomic mass is 9.92. The smallest absolute Gasteiger partial charge is 0.255 e. The van der Waals surface area contributed by atoms with Crippen molar-refractivity contribution in [2.24, 2.45) is 0 Å². The summed E-state index contributed by atoms with van der Waals surface area (Å²) in [4.78, 5) is 37.1. The minimum atomic E-state index is -0.434. The summed E-state index contributed by atoms with van der Waals surface area (Å²) in [6.07, 6.45) is 0.813. The number of amides is 1. The summed E-state index contributed by atoms with van der Waals surface area (Å²) in [7, 11) is 0. The van der Waals surface area contributed by atoms with Gasteiger partial charge >= 0.3 is 0 Å². The standard InChI is InChI=1S/C14H12BrNO3/c15-9-1-3-11-8(5-9)7-16(14(11)19)12-4-2-10(17)6-13(12)18/h1,3,5,12H,2,4,6-7H2. The Morgan fingerprint density at radius 2 is 2.00 bits per heavy atom. The van der Waals surface area contributed by atoms with Gasteiger partial charge in [0.25, 0.3) is 5.91 Å². The number of benzene rings is 1. The van der Waals surface area contributed by atoms with E-state index in [4.69, 9.17) is 0 Å². The summed E-state index contributed by atoms with van der Waals surface area (Å²) in [6, 6.07) is 5.08. The molecule has 1 amide bonds. The number of ketones is 2. The SMILES string of the molecule is O=C1CCC(N2Cc3cc(Br)ccc3C2=O)C(=O)C1. The van der Waals surface area contributed by atoms with Gasteiger partial charge in [0.05, 0.1) is 12.5 Å². The summed E-state index contributed by atoms with van der Waals surface area (Å²) in [5.41, 5.74) is 1.59. The number of rotatable bonds is 1. The van der Waals surface area contributed by atoms with Crippen LogP contribution in [0.15, 0.2) is 22.7 Å². The molecule has 0 spiro atoms. The molecule has 0 saturated heterocycles. The van der Waals surface area contributed by atoms with Crippen LogP contribution in [0, 0.1) is 0 Å². The summed E-state index contributed by atoms with van der Waals surface area (Å²) >= 11 is 3.38. The summed E-state index contributed by atoms with van der Waals surface area (Å²) < 4.78 is 0.922. The number of hydrogen-bond donors (Lipinski definition) is 0. The second kappa shape index (κ2) is 4.56. The third-order valence-corrected chi connectivity index (χ3v) is 4.21. The molecule has 3 rings (SSSR count). The first-order valence-electron chi connectivity index (χ1n) is 6.20. The molecule has 0 bridgehead atoms. The van der Waals surface area contributed by atoms with Gasteiger partial charge in [-0.2, -0.15) is 0 Å². The van der Waals surface area contributed by atoms with Crippen molar-refractivity contribution in [2.45, 2.75) is 31.8 Å². The number of nitrogens with zero attached hydrogens (tertiary/aromatic N) is 1. The van der Waals surface area contributed by atoms with E-state index in [0.29, 0.717) is 24.9 Å². The van der Waals surface area contributed by atoms with E-state index in [0.717, 1.165) is 10.0 Å². The highest BCUT2D eigenvalue weighted by atomic mass is 79.9. The predicted octanol–water partition coefficient (Wildman–Crippen LogP) is 2.10. The molecule has 1 atom stereocenters. The maximum atomic E-state index is 12.3. The first-order chi connectivity index (χ1) is 9.06. The Bertz CT molecular complexity index is 596. The second-order valence-electron chi connectivity index (χ2n) is 4.97. The highest BCUT2D eigenvalue weighted by Crippen LogP contribution is 2.30. The van der Waals surface area contributed by atoms with Crippen LogP contribution in [-0.4, -0.2) is 28.4 Å². The maximum absolute atomic E-state index is 12.3. The lowest BCUT2D eigenvalue weighted by molar-refractivity contribution is -0.133. The van der Waals surface area contributed by atoms with Gasteiger partial charge < -0.3 is 4.90 Å². The fourth-order valence-electron chi connectivity index (χ4n) is 2.75. The van der Waals surface area contributed by atoms with E-state index in [9.17, 15) is 14.4 Å². The largest absolute Gasteiger partial charge is 0.324 e. The number of fused-ring (bicyclic) bond motifs is 1. The average molecular weight is 322 g/mol. The molecule has 0 aromatic heterocycles. The van der Waals surface area contributed by atoms with Crippen LogP contribution in [0.3, 0.4) is 0 Å². The van der Waals surface area contributed by atoms with Gasteiger partial charge in [-0.1, -0.05) is 15.9 Å². The van der Waals surface area contributed by atoms with Crippen LogP contribution in [0.2, 0.25) is 0 Å². The molecule has 1 fully saturated rings. The van der Waals surface area contributed by atoms with Gasteiger partial charge in [-0.25, -0.2) is 0 Å². The molecule has 1 aromatic carbocycles. The first-order valence-corrected chi connectivity index (χ1v) is 6.99. The quantitative estimate of drug-likeness (QED) is 0.744. The highest BCUT2D eigenvalue weighted by molar-refractivity contribution is 9.10. The number of Topliss-reactive ketones (excluding diaryl/α,β-unsaturated/α-hetero) is 2. The molecule has 1 saturated carbocycles. The van der Waals surface area contributed by atoms with Gasteiger partial charge in [0.15, 0.2) is 5.78 Å². The Balaban J connectivity index is 1.87. The molecule has 2 aliphatic rings. The molecule has 1 aliphatic heterocycles. The van der Waals surface area contributed by atoms with Gasteiger partial charge in [-0.05, 0) is 30.2 Å². The van der Waals surface area contributed by atoms with E-state index >= 15 is 0 Å². The summed E-state index contributed by atoms with van der Waals surface area (Å²) in [6.45, 7) is 0.457. The molecule has 5 heteroatoms. The number of carbonyl (C=O) groups is 3. The Morgan fingerprint density at radius 1 is 1.21 bits per heavy atom. The van der Waals surface area contributed by atoms with Gasteiger partial charge in [0.2, 0.25) is 0 Å². The maximum Gasteiger partial charge on any atom is 0.255 e. The third kappa shape index (κ3) is 2.12. The average Bonchev–Trinajstić information content (AvgIpc) is 2.66. The van der Waals surface area contributed by atoms with Gasteiger partial charge in [0, 0.05) is 23.0 Å². The zero-order valence-corrected chi connectivity index (χ0v) is 11.8. The molecule has 0 radical (unpaired) electrons. The zero-order chi connectivity index (χ0) is 13.6. The Hall–Kier alpha value is -1.49. The minimum absolute atomic E-state index is 0.0202. The van der Waals surface area contributed by atoms with Crippen molar-refractivity contribution in [3.05, 3.63) is 33.8 Å². The van der Waals surface area contributed by atoms with Gasteiger partial charge in [-0.3, -0.25) is 14.4 Å². The fraction of sp³-hybridized carbons (Fsp3) is 0.357. The molecule has 98 valence electrons. The minimum Gasteiger partial charge on any atom is -0.324 e. The molecular formula is C14H12BrNO3.